The number of anilines is 1. The number of aryl methyl sites for hydroxylation is 1. The van der Waals surface area contributed by atoms with Gasteiger partial charge in [-0.1, -0.05) is 22.6 Å². The maximum Gasteiger partial charge on any atom is 0.394 e. The molecule has 2 N–H and O–H groups in total. The summed E-state index contributed by atoms with van der Waals surface area (Å²) >= 11 is 0. The Morgan fingerprint density at radius 3 is 2.69 bits per heavy atom. The van der Waals surface area contributed by atoms with Crippen LogP contribution in [-0.2, 0) is 24.4 Å². The SMILES string of the molecule is CC(F)(F)Oc1cccc(CNC(=O)c2cn(CCC(F)Cn3cc(NC(=O)CN4CC(F)C4)nn3)nn2)c1. The molecular formula is C23H27F4N9O3. The Morgan fingerprint density at radius 1 is 1.18 bits per heavy atom. The molecule has 16 heteroatoms. The standard InChI is InChI=1S/C23H27F4N9O3/c1-23(26,27)39-18-4-2-3-15(7-18)8-28-22(38)19-12-35(32-30-19)6-5-16(24)11-36-13-20(31-33-36)29-21(37)14-34-9-17(25)10-34/h2-4,7,12-13,16-17H,5-6,8-11,14H2,1H3,(H,28,38)(H,29,37). The highest BCUT2D eigenvalue weighted by atomic mass is 19.3. The maximum atomic E-state index is 14.5. The molecule has 0 bridgehead atoms. The molecule has 2 amide bonds. The van der Waals surface area contributed by atoms with E-state index in [-0.39, 0.29) is 68.9 Å². The first-order chi connectivity index (χ1) is 18.5. The normalized spacial score (nSPS) is 15.0. The van der Waals surface area contributed by atoms with Crippen LogP contribution in [-0.4, -0.2) is 84.8 Å². The van der Waals surface area contributed by atoms with Gasteiger partial charge < -0.3 is 15.4 Å². The fourth-order valence-electron chi connectivity index (χ4n) is 3.74. The van der Waals surface area contributed by atoms with E-state index in [4.69, 9.17) is 0 Å². The molecule has 1 unspecified atom stereocenters. The highest BCUT2D eigenvalue weighted by Crippen LogP contribution is 2.21. The zero-order valence-electron chi connectivity index (χ0n) is 20.9. The van der Waals surface area contributed by atoms with Crippen LogP contribution in [0.2, 0.25) is 0 Å². The molecule has 4 rings (SSSR count). The molecule has 0 saturated carbocycles. The molecule has 3 aromatic rings. The molecule has 210 valence electrons. The van der Waals surface area contributed by atoms with E-state index in [2.05, 4.69) is 36.0 Å². The Balaban J connectivity index is 1.18. The molecule has 3 heterocycles. The average molecular weight is 554 g/mol. The number of ether oxygens (including phenoxy) is 1. The molecule has 1 fully saturated rings. The molecule has 0 radical (unpaired) electrons. The number of carbonyl (C=O) groups excluding carboxylic acids is 2. The molecule has 1 aliphatic heterocycles. The molecule has 12 nitrogen and oxygen atoms in total. The van der Waals surface area contributed by atoms with Gasteiger partial charge in [0.05, 0.1) is 25.5 Å². The second-order valence-corrected chi connectivity index (χ2v) is 9.16. The summed E-state index contributed by atoms with van der Waals surface area (Å²) in [5.41, 5.74) is 0.550. The number of benzene rings is 1. The first-order valence-electron chi connectivity index (χ1n) is 12.1. The van der Waals surface area contributed by atoms with Crippen LogP contribution in [0.15, 0.2) is 36.7 Å². The summed E-state index contributed by atoms with van der Waals surface area (Å²) in [5, 5.41) is 20.3. The van der Waals surface area contributed by atoms with Gasteiger partial charge in [0.25, 0.3) is 5.91 Å². The highest BCUT2D eigenvalue weighted by Gasteiger charge is 2.28. The Kier molecular flexibility index (Phi) is 8.73. The van der Waals surface area contributed by atoms with Crippen LogP contribution >= 0.6 is 0 Å². The van der Waals surface area contributed by atoms with E-state index in [0.717, 1.165) is 0 Å². The summed E-state index contributed by atoms with van der Waals surface area (Å²) in [4.78, 5) is 26.0. The van der Waals surface area contributed by atoms with Crippen molar-refractivity contribution < 1.29 is 31.9 Å². The molecule has 1 saturated heterocycles. The first kappa shape index (κ1) is 27.9. The van der Waals surface area contributed by atoms with Gasteiger partial charge in [0, 0.05) is 39.5 Å². The first-order valence-corrected chi connectivity index (χ1v) is 12.1. The zero-order valence-corrected chi connectivity index (χ0v) is 20.9. The number of nitrogens with zero attached hydrogens (tertiary/aromatic N) is 7. The van der Waals surface area contributed by atoms with Gasteiger partial charge in [-0.2, -0.15) is 8.78 Å². The largest absolute Gasteiger partial charge is 0.433 e. The molecule has 0 spiro atoms. The number of halogens is 4. The topological polar surface area (TPSA) is 132 Å². The van der Waals surface area contributed by atoms with E-state index < -0.39 is 24.4 Å². The predicted octanol–water partition coefficient (Wildman–Crippen LogP) is 1.81. The van der Waals surface area contributed by atoms with Gasteiger partial charge in [-0.25, -0.2) is 13.5 Å². The predicted molar refractivity (Wildman–Crippen MR) is 128 cm³/mol. The minimum atomic E-state index is -3.33. The van der Waals surface area contributed by atoms with Crippen molar-refractivity contribution in [1.29, 1.82) is 0 Å². The van der Waals surface area contributed by atoms with Crippen molar-refractivity contribution >= 4 is 17.6 Å². The number of hydrogen-bond acceptors (Lipinski definition) is 8. The van der Waals surface area contributed by atoms with Crippen molar-refractivity contribution in [2.45, 2.75) is 51.4 Å². The van der Waals surface area contributed by atoms with Crippen LogP contribution in [0.3, 0.4) is 0 Å². The minimum absolute atomic E-state index is 0.00910. The number of nitrogens with one attached hydrogen (secondary N) is 2. The van der Waals surface area contributed by atoms with Crippen molar-refractivity contribution in [3.8, 4) is 5.75 Å². The summed E-state index contributed by atoms with van der Waals surface area (Å²) in [6.45, 7) is 1.17. The number of carbonyl (C=O) groups is 2. The van der Waals surface area contributed by atoms with Gasteiger partial charge in [0.15, 0.2) is 11.5 Å². The second kappa shape index (κ2) is 12.2. The molecule has 1 atom stereocenters. The molecule has 39 heavy (non-hydrogen) atoms. The van der Waals surface area contributed by atoms with Crippen molar-refractivity contribution in [3.05, 3.63) is 47.9 Å². The quantitative estimate of drug-likeness (QED) is 0.307. The maximum absolute atomic E-state index is 14.5. The third kappa shape index (κ3) is 8.73. The Labute approximate surface area is 220 Å². The van der Waals surface area contributed by atoms with Gasteiger partial charge in [0.1, 0.15) is 18.1 Å². The Bertz CT molecular complexity index is 1270. The third-order valence-corrected chi connectivity index (χ3v) is 5.56. The summed E-state index contributed by atoms with van der Waals surface area (Å²) in [6.07, 6.45) is -2.76. The number of likely N-dealkylation sites (tertiary alicyclic amines) is 1. The fraction of sp³-hybridized carbons (Fsp3) is 0.478. The number of rotatable bonds is 13. The van der Waals surface area contributed by atoms with Crippen LogP contribution in [0.4, 0.5) is 23.4 Å². The van der Waals surface area contributed by atoms with E-state index in [9.17, 15) is 27.2 Å². The Morgan fingerprint density at radius 2 is 1.95 bits per heavy atom. The number of aromatic nitrogens is 6. The van der Waals surface area contributed by atoms with E-state index in [1.54, 1.807) is 11.0 Å². The fourth-order valence-corrected chi connectivity index (χ4v) is 3.74. The highest BCUT2D eigenvalue weighted by molar-refractivity contribution is 5.92. The van der Waals surface area contributed by atoms with E-state index >= 15 is 0 Å². The summed E-state index contributed by atoms with van der Waals surface area (Å²) < 4.78 is 60.5. The minimum Gasteiger partial charge on any atom is -0.433 e. The lowest BCUT2D eigenvalue weighted by atomic mass is 10.2. The van der Waals surface area contributed by atoms with E-state index in [1.807, 2.05) is 0 Å². The van der Waals surface area contributed by atoms with Crippen LogP contribution in [0.1, 0.15) is 29.4 Å². The lowest BCUT2D eigenvalue weighted by molar-refractivity contribution is -0.159. The van der Waals surface area contributed by atoms with Crippen LogP contribution in [0.5, 0.6) is 5.75 Å². The lowest BCUT2D eigenvalue weighted by Crippen LogP contribution is -2.51. The van der Waals surface area contributed by atoms with E-state index in [1.165, 1.54) is 40.0 Å². The molecular weight excluding hydrogens is 526 g/mol. The molecule has 1 aliphatic rings. The smallest absolute Gasteiger partial charge is 0.394 e. The molecule has 2 aromatic heterocycles. The summed E-state index contributed by atoms with van der Waals surface area (Å²) in [7, 11) is 0. The van der Waals surface area contributed by atoms with Crippen molar-refractivity contribution in [1.82, 2.24) is 40.2 Å². The molecule has 0 aliphatic carbocycles. The second-order valence-electron chi connectivity index (χ2n) is 9.16. The number of amides is 2. The average Bonchev–Trinajstić information content (AvgIpc) is 3.49. The van der Waals surface area contributed by atoms with Crippen molar-refractivity contribution in [2.75, 3.05) is 25.0 Å². The Hall–Kier alpha value is -4.08. The molecule has 1 aromatic carbocycles. The monoisotopic (exact) mass is 553 g/mol. The van der Waals surface area contributed by atoms with Crippen LogP contribution < -0.4 is 15.4 Å². The van der Waals surface area contributed by atoms with Crippen LogP contribution in [0, 0.1) is 0 Å². The number of alkyl halides is 4. The van der Waals surface area contributed by atoms with Crippen molar-refractivity contribution in [3.63, 3.8) is 0 Å². The van der Waals surface area contributed by atoms with Gasteiger partial charge in [0.2, 0.25) is 5.91 Å². The zero-order chi connectivity index (χ0) is 28.0. The van der Waals surface area contributed by atoms with Crippen molar-refractivity contribution in [2.24, 2.45) is 0 Å². The van der Waals surface area contributed by atoms with Gasteiger partial charge in [-0.3, -0.25) is 19.2 Å². The van der Waals surface area contributed by atoms with Gasteiger partial charge >= 0.3 is 6.11 Å². The summed E-state index contributed by atoms with van der Waals surface area (Å²) in [5.74, 6) is -0.770. The van der Waals surface area contributed by atoms with Crippen LogP contribution in [0.25, 0.3) is 0 Å². The van der Waals surface area contributed by atoms with Gasteiger partial charge in [-0.15, -0.1) is 10.2 Å². The van der Waals surface area contributed by atoms with Gasteiger partial charge in [-0.05, 0) is 17.7 Å². The lowest BCUT2D eigenvalue weighted by Gasteiger charge is -2.33. The third-order valence-electron chi connectivity index (χ3n) is 5.56. The summed E-state index contributed by atoms with van der Waals surface area (Å²) in [6, 6.07) is 5.93. The van der Waals surface area contributed by atoms with E-state index in [0.29, 0.717) is 12.5 Å². The number of hydrogen-bond donors (Lipinski definition) is 2.